The van der Waals surface area contributed by atoms with Crippen LogP contribution in [0.3, 0.4) is 0 Å². The van der Waals surface area contributed by atoms with Gasteiger partial charge in [0.05, 0.1) is 0 Å². The van der Waals surface area contributed by atoms with Crippen molar-refractivity contribution >= 4 is 6.03 Å². The van der Waals surface area contributed by atoms with Gasteiger partial charge in [-0.25, -0.2) is 10.1 Å². The van der Waals surface area contributed by atoms with Crippen molar-refractivity contribution in [3.63, 3.8) is 0 Å². The molecule has 0 aliphatic heterocycles. The minimum absolute atomic E-state index is 0.822. The van der Waals surface area contributed by atoms with Crippen LogP contribution in [0.15, 0.2) is 0 Å². The van der Waals surface area contributed by atoms with Gasteiger partial charge in [-0.2, -0.15) is 5.26 Å². The SMILES string of the molecule is CCOCC.N#CNC(N)=O. The molecule has 0 saturated heterocycles. The third-order valence-electron chi connectivity index (χ3n) is 0.587. The van der Waals surface area contributed by atoms with E-state index < -0.39 is 6.03 Å². The maximum Gasteiger partial charge on any atom is 0.325 e. The van der Waals surface area contributed by atoms with Crippen LogP contribution < -0.4 is 11.1 Å². The van der Waals surface area contributed by atoms with Crippen molar-refractivity contribution in [2.75, 3.05) is 13.2 Å². The number of nitrogens with zero attached hydrogens (tertiary/aromatic N) is 1. The van der Waals surface area contributed by atoms with E-state index in [0.717, 1.165) is 13.2 Å². The van der Waals surface area contributed by atoms with Gasteiger partial charge in [0.15, 0.2) is 6.19 Å². The zero-order chi connectivity index (χ0) is 9.11. The molecular weight excluding hydrogens is 146 g/mol. The number of rotatable bonds is 2. The van der Waals surface area contributed by atoms with E-state index in [1.54, 1.807) is 5.32 Å². The Morgan fingerprint density at radius 3 is 2.09 bits per heavy atom. The lowest BCUT2D eigenvalue weighted by molar-refractivity contribution is 0.162. The van der Waals surface area contributed by atoms with Crippen LogP contribution in [0.1, 0.15) is 13.8 Å². The minimum Gasteiger partial charge on any atom is -0.382 e. The number of carbonyl (C=O) groups excluding carboxylic acids is 1. The summed E-state index contributed by atoms with van der Waals surface area (Å²) in [6, 6.07) is -0.822. The predicted octanol–water partition coefficient (Wildman–Crippen LogP) is 0.179. The van der Waals surface area contributed by atoms with Gasteiger partial charge < -0.3 is 10.5 Å². The first-order valence-corrected chi connectivity index (χ1v) is 3.21. The molecule has 0 aromatic carbocycles. The summed E-state index contributed by atoms with van der Waals surface area (Å²) in [4.78, 5) is 9.49. The highest BCUT2D eigenvalue weighted by atomic mass is 16.5. The standard InChI is InChI=1S/C4H10O.C2H3N3O/c1-3-5-4-2;3-1-5-2(4)6/h3-4H2,1-2H3;(H3,4,5,6). The van der Waals surface area contributed by atoms with Gasteiger partial charge in [0.1, 0.15) is 0 Å². The van der Waals surface area contributed by atoms with E-state index in [1.807, 2.05) is 13.8 Å². The molecule has 0 bridgehead atoms. The van der Waals surface area contributed by atoms with E-state index in [1.165, 1.54) is 6.19 Å². The zero-order valence-electron chi connectivity index (χ0n) is 6.76. The van der Waals surface area contributed by atoms with Crippen LogP contribution in [0.25, 0.3) is 0 Å². The Morgan fingerprint density at radius 1 is 1.64 bits per heavy atom. The van der Waals surface area contributed by atoms with Crippen LogP contribution >= 0.6 is 0 Å². The summed E-state index contributed by atoms with van der Waals surface area (Å²) in [5.74, 6) is 0. The molecule has 0 unspecified atom stereocenters. The molecule has 0 fully saturated rings. The second kappa shape index (κ2) is 11.5. The molecule has 0 aromatic heterocycles. The van der Waals surface area contributed by atoms with E-state index in [-0.39, 0.29) is 0 Å². The molecule has 2 amide bonds. The van der Waals surface area contributed by atoms with Crippen LogP contribution in [-0.2, 0) is 4.74 Å². The van der Waals surface area contributed by atoms with Crippen molar-refractivity contribution in [3.05, 3.63) is 0 Å². The van der Waals surface area contributed by atoms with Gasteiger partial charge in [0.2, 0.25) is 0 Å². The lowest BCUT2D eigenvalue weighted by Crippen LogP contribution is -2.24. The summed E-state index contributed by atoms with van der Waals surface area (Å²) in [7, 11) is 0. The van der Waals surface area contributed by atoms with Gasteiger partial charge in [0.25, 0.3) is 0 Å². The van der Waals surface area contributed by atoms with Gasteiger partial charge in [-0.05, 0) is 13.8 Å². The maximum atomic E-state index is 9.49. The Hall–Kier alpha value is -1.28. The van der Waals surface area contributed by atoms with E-state index in [9.17, 15) is 4.79 Å². The number of primary amides is 1. The van der Waals surface area contributed by atoms with Gasteiger partial charge in [-0.3, -0.25) is 0 Å². The van der Waals surface area contributed by atoms with Crippen LogP contribution in [0, 0.1) is 11.5 Å². The average molecular weight is 159 g/mol. The molecule has 0 aromatic rings. The van der Waals surface area contributed by atoms with Crippen molar-refractivity contribution in [3.8, 4) is 6.19 Å². The largest absolute Gasteiger partial charge is 0.382 e. The molecule has 64 valence electrons. The molecule has 0 aliphatic rings. The number of nitriles is 1. The smallest absolute Gasteiger partial charge is 0.325 e. The third-order valence-corrected chi connectivity index (χ3v) is 0.587. The Bertz CT molecular complexity index is 128. The molecule has 0 rings (SSSR count). The molecule has 0 radical (unpaired) electrons. The summed E-state index contributed by atoms with van der Waals surface area (Å²) in [5, 5.41) is 9.23. The van der Waals surface area contributed by atoms with Crippen molar-refractivity contribution in [2.24, 2.45) is 5.73 Å². The van der Waals surface area contributed by atoms with E-state index in [0.29, 0.717) is 0 Å². The van der Waals surface area contributed by atoms with Gasteiger partial charge >= 0.3 is 6.03 Å². The summed E-state index contributed by atoms with van der Waals surface area (Å²) in [6.45, 7) is 5.67. The van der Waals surface area contributed by atoms with Crippen LogP contribution in [0.2, 0.25) is 0 Å². The fourth-order valence-corrected chi connectivity index (χ4v) is 0.259. The number of amides is 2. The molecule has 0 saturated carbocycles. The molecule has 11 heavy (non-hydrogen) atoms. The van der Waals surface area contributed by atoms with Crippen molar-refractivity contribution in [1.29, 1.82) is 5.26 Å². The average Bonchev–Trinajstić information content (AvgIpc) is 1.90. The van der Waals surface area contributed by atoms with Crippen molar-refractivity contribution < 1.29 is 9.53 Å². The molecule has 0 atom stereocenters. The minimum atomic E-state index is -0.822. The van der Waals surface area contributed by atoms with Gasteiger partial charge in [-0.1, -0.05) is 0 Å². The van der Waals surface area contributed by atoms with Gasteiger partial charge in [0, 0.05) is 13.2 Å². The number of urea groups is 1. The molecule has 0 aliphatic carbocycles. The number of hydrogen-bond acceptors (Lipinski definition) is 3. The molecule has 0 spiro atoms. The third kappa shape index (κ3) is 28.5. The Morgan fingerprint density at radius 2 is 2.09 bits per heavy atom. The van der Waals surface area contributed by atoms with E-state index >= 15 is 0 Å². The molecule has 3 N–H and O–H groups in total. The quantitative estimate of drug-likeness (QED) is 0.445. The summed E-state index contributed by atoms with van der Waals surface area (Å²) in [5.41, 5.74) is 4.43. The molecular formula is C6H13N3O2. The first-order valence-electron chi connectivity index (χ1n) is 3.21. The number of carbonyl (C=O) groups is 1. The Balaban J connectivity index is 0. The van der Waals surface area contributed by atoms with Crippen molar-refractivity contribution in [2.45, 2.75) is 13.8 Å². The second-order valence-electron chi connectivity index (χ2n) is 1.38. The lowest BCUT2D eigenvalue weighted by atomic mass is 10.8. The number of nitrogens with one attached hydrogen (secondary N) is 1. The van der Waals surface area contributed by atoms with Crippen molar-refractivity contribution in [1.82, 2.24) is 5.32 Å². The van der Waals surface area contributed by atoms with Gasteiger partial charge in [-0.15, -0.1) is 0 Å². The monoisotopic (exact) mass is 159 g/mol. The first kappa shape index (κ1) is 12.4. The Kier molecular flexibility index (Phi) is 13.0. The normalized spacial score (nSPS) is 7.00. The fourth-order valence-electron chi connectivity index (χ4n) is 0.259. The number of nitrogens with two attached hydrogens (primary N) is 1. The topological polar surface area (TPSA) is 88.1 Å². The fraction of sp³-hybridized carbons (Fsp3) is 0.667. The zero-order valence-corrected chi connectivity index (χ0v) is 6.76. The Labute approximate surface area is 66.1 Å². The predicted molar refractivity (Wildman–Crippen MR) is 40.5 cm³/mol. The lowest BCUT2D eigenvalue weighted by Gasteiger charge is -1.86. The van der Waals surface area contributed by atoms with E-state index in [2.05, 4.69) is 5.73 Å². The summed E-state index contributed by atoms with van der Waals surface area (Å²) >= 11 is 0. The highest BCUT2D eigenvalue weighted by molar-refractivity contribution is 5.73. The first-order chi connectivity index (χ1) is 5.18. The van der Waals surface area contributed by atoms with Crippen LogP contribution in [0.5, 0.6) is 0 Å². The number of ether oxygens (including phenoxy) is 1. The molecule has 0 heterocycles. The van der Waals surface area contributed by atoms with Crippen LogP contribution in [0.4, 0.5) is 4.79 Å². The van der Waals surface area contributed by atoms with Crippen LogP contribution in [-0.4, -0.2) is 19.2 Å². The molecule has 5 heteroatoms. The summed E-state index contributed by atoms with van der Waals surface area (Å²) < 4.78 is 4.83. The van der Waals surface area contributed by atoms with E-state index in [4.69, 9.17) is 10.00 Å². The number of hydrogen-bond donors (Lipinski definition) is 2. The second-order valence-corrected chi connectivity index (χ2v) is 1.38. The maximum absolute atomic E-state index is 9.49. The highest BCUT2D eigenvalue weighted by Gasteiger charge is 1.79. The summed E-state index contributed by atoms with van der Waals surface area (Å²) in [6.07, 6.45) is 1.34. The highest BCUT2D eigenvalue weighted by Crippen LogP contribution is 1.64. The molecule has 5 nitrogen and oxygen atoms in total.